The molecule has 7 nitrogen and oxygen atoms in total. The van der Waals surface area contributed by atoms with Gasteiger partial charge in [0.2, 0.25) is 0 Å². The van der Waals surface area contributed by atoms with Gasteiger partial charge in [-0.15, -0.1) is 0 Å². The molecule has 2 N–H and O–H groups in total. The van der Waals surface area contributed by atoms with Crippen LogP contribution >= 0.6 is 0 Å². The molecule has 1 aliphatic rings. The lowest BCUT2D eigenvalue weighted by molar-refractivity contribution is 0.105. The molecule has 0 amide bonds. The smallest absolute Gasteiger partial charge is 0.191 e. The van der Waals surface area contributed by atoms with E-state index in [-0.39, 0.29) is 12.4 Å². The molecule has 0 saturated heterocycles. The highest BCUT2D eigenvalue weighted by atomic mass is 32.2. The van der Waals surface area contributed by atoms with E-state index < -0.39 is 9.84 Å². The van der Waals surface area contributed by atoms with Crippen molar-refractivity contribution in [1.82, 2.24) is 10.6 Å². The van der Waals surface area contributed by atoms with E-state index in [4.69, 9.17) is 9.47 Å². The molecule has 148 valence electrons. The Bertz CT molecular complexity index is 488. The lowest BCUT2D eigenvalue weighted by Crippen LogP contribution is -2.44. The first-order chi connectivity index (χ1) is 11.9. The SMILES string of the molecule is CCOCCC1(CNC(=NC)NCCOCCS(C)(=O)=O)CCCC1. The number of aliphatic imine (C=N–C) groups is 1. The molecule has 0 aromatic heterocycles. The van der Waals surface area contributed by atoms with E-state index in [0.29, 0.717) is 18.6 Å². The van der Waals surface area contributed by atoms with Crippen LogP contribution in [0.3, 0.4) is 0 Å². The van der Waals surface area contributed by atoms with Crippen molar-refractivity contribution >= 4 is 15.8 Å². The largest absolute Gasteiger partial charge is 0.382 e. The molecule has 0 heterocycles. The Morgan fingerprint density at radius 3 is 2.44 bits per heavy atom. The molecule has 0 spiro atoms. The lowest BCUT2D eigenvalue weighted by atomic mass is 9.83. The van der Waals surface area contributed by atoms with Crippen molar-refractivity contribution < 1.29 is 17.9 Å². The zero-order valence-electron chi connectivity index (χ0n) is 16.0. The zero-order valence-corrected chi connectivity index (χ0v) is 16.8. The fourth-order valence-corrected chi connectivity index (χ4v) is 3.54. The quantitative estimate of drug-likeness (QED) is 0.302. The Morgan fingerprint density at radius 2 is 1.84 bits per heavy atom. The molecule has 8 heteroatoms. The molecule has 0 aromatic carbocycles. The molecule has 0 aliphatic heterocycles. The van der Waals surface area contributed by atoms with Crippen LogP contribution in [0.5, 0.6) is 0 Å². The first kappa shape index (κ1) is 22.2. The van der Waals surface area contributed by atoms with Crippen molar-refractivity contribution in [2.24, 2.45) is 10.4 Å². The van der Waals surface area contributed by atoms with Gasteiger partial charge in [-0.25, -0.2) is 8.42 Å². The van der Waals surface area contributed by atoms with Crippen LogP contribution in [0.15, 0.2) is 4.99 Å². The lowest BCUT2D eigenvalue weighted by Gasteiger charge is -2.30. The van der Waals surface area contributed by atoms with Crippen molar-refractivity contribution in [3.8, 4) is 0 Å². The van der Waals surface area contributed by atoms with Crippen LogP contribution < -0.4 is 10.6 Å². The maximum Gasteiger partial charge on any atom is 0.191 e. The normalized spacial score (nSPS) is 17.6. The van der Waals surface area contributed by atoms with E-state index in [1.54, 1.807) is 7.05 Å². The van der Waals surface area contributed by atoms with E-state index in [0.717, 1.165) is 32.1 Å². The Kier molecular flexibility index (Phi) is 10.4. The second-order valence-electron chi connectivity index (χ2n) is 6.75. The topological polar surface area (TPSA) is 89.0 Å². The third-order valence-corrected chi connectivity index (χ3v) is 5.55. The standard InChI is InChI=1S/C17H35N3O4S/c1-4-23-11-9-17(7-5-6-8-17)15-20-16(18-2)19-10-12-24-13-14-25(3,21)22/h4-15H2,1-3H3,(H2,18,19,20). The summed E-state index contributed by atoms with van der Waals surface area (Å²) in [5, 5.41) is 6.63. The highest BCUT2D eigenvalue weighted by Crippen LogP contribution is 2.40. The molecule has 0 atom stereocenters. The number of hydrogen-bond donors (Lipinski definition) is 2. The average Bonchev–Trinajstić information content (AvgIpc) is 3.02. The van der Waals surface area contributed by atoms with Gasteiger partial charge in [0.25, 0.3) is 0 Å². The van der Waals surface area contributed by atoms with Gasteiger partial charge in [0.1, 0.15) is 9.84 Å². The zero-order chi connectivity index (χ0) is 18.6. The van der Waals surface area contributed by atoms with Crippen molar-refractivity contribution in [3.05, 3.63) is 0 Å². The van der Waals surface area contributed by atoms with Crippen LogP contribution in [-0.4, -0.2) is 73.0 Å². The number of guanidine groups is 1. The molecule has 0 unspecified atom stereocenters. The summed E-state index contributed by atoms with van der Waals surface area (Å²) >= 11 is 0. The van der Waals surface area contributed by atoms with Gasteiger partial charge >= 0.3 is 0 Å². The predicted molar refractivity (Wildman–Crippen MR) is 102 cm³/mol. The number of ether oxygens (including phenoxy) is 2. The maximum atomic E-state index is 11.0. The fourth-order valence-electron chi connectivity index (χ4n) is 3.12. The monoisotopic (exact) mass is 377 g/mol. The Hall–Kier alpha value is -0.860. The fraction of sp³-hybridized carbons (Fsp3) is 0.941. The number of nitrogens with zero attached hydrogens (tertiary/aromatic N) is 1. The maximum absolute atomic E-state index is 11.0. The molecule has 1 aliphatic carbocycles. The molecule has 1 rings (SSSR count). The number of sulfone groups is 1. The minimum absolute atomic E-state index is 0.0579. The van der Waals surface area contributed by atoms with Crippen LogP contribution in [0.25, 0.3) is 0 Å². The van der Waals surface area contributed by atoms with Gasteiger partial charge in [-0.05, 0) is 31.6 Å². The summed E-state index contributed by atoms with van der Waals surface area (Å²) in [7, 11) is -1.21. The van der Waals surface area contributed by atoms with Gasteiger partial charge in [-0.3, -0.25) is 4.99 Å². The van der Waals surface area contributed by atoms with Crippen LogP contribution in [-0.2, 0) is 19.3 Å². The van der Waals surface area contributed by atoms with Crippen LogP contribution in [0.2, 0.25) is 0 Å². The van der Waals surface area contributed by atoms with Crippen molar-refractivity contribution in [1.29, 1.82) is 0 Å². The van der Waals surface area contributed by atoms with Crippen LogP contribution in [0.1, 0.15) is 39.0 Å². The molecule has 1 fully saturated rings. The van der Waals surface area contributed by atoms with Gasteiger partial charge < -0.3 is 20.1 Å². The van der Waals surface area contributed by atoms with E-state index in [9.17, 15) is 8.42 Å². The third-order valence-electron chi connectivity index (χ3n) is 4.64. The van der Waals surface area contributed by atoms with Crippen molar-refractivity contribution in [2.75, 3.05) is 58.6 Å². The van der Waals surface area contributed by atoms with E-state index >= 15 is 0 Å². The van der Waals surface area contributed by atoms with Crippen LogP contribution in [0, 0.1) is 5.41 Å². The van der Waals surface area contributed by atoms with Crippen LogP contribution in [0.4, 0.5) is 0 Å². The van der Waals surface area contributed by atoms with Gasteiger partial charge in [0.15, 0.2) is 5.96 Å². The molecule has 0 bridgehead atoms. The van der Waals surface area contributed by atoms with Gasteiger partial charge in [-0.2, -0.15) is 0 Å². The number of hydrogen-bond acceptors (Lipinski definition) is 5. The molecule has 0 radical (unpaired) electrons. The Balaban J connectivity index is 2.25. The molecule has 25 heavy (non-hydrogen) atoms. The molecular formula is C17H35N3O4S. The second-order valence-corrected chi connectivity index (χ2v) is 9.01. The summed E-state index contributed by atoms with van der Waals surface area (Å²) in [6.07, 6.45) is 7.34. The third kappa shape index (κ3) is 10.0. The summed E-state index contributed by atoms with van der Waals surface area (Å²) in [6, 6.07) is 0. The van der Waals surface area contributed by atoms with Gasteiger partial charge in [0, 0.05) is 39.6 Å². The first-order valence-corrected chi connectivity index (χ1v) is 11.2. The second kappa shape index (κ2) is 11.7. The summed E-state index contributed by atoms with van der Waals surface area (Å²) in [6.45, 7) is 5.79. The summed E-state index contributed by atoms with van der Waals surface area (Å²) in [4.78, 5) is 4.25. The Labute approximate surface area is 152 Å². The minimum atomic E-state index is -2.96. The molecule has 0 aromatic rings. The summed E-state index contributed by atoms with van der Waals surface area (Å²) < 4.78 is 32.9. The minimum Gasteiger partial charge on any atom is -0.382 e. The highest BCUT2D eigenvalue weighted by Gasteiger charge is 2.33. The Morgan fingerprint density at radius 1 is 1.12 bits per heavy atom. The first-order valence-electron chi connectivity index (χ1n) is 9.18. The molecule has 1 saturated carbocycles. The van der Waals surface area contributed by atoms with Crippen molar-refractivity contribution in [3.63, 3.8) is 0 Å². The summed E-state index contributed by atoms with van der Waals surface area (Å²) in [5.74, 6) is 0.817. The number of nitrogens with one attached hydrogen (secondary N) is 2. The van der Waals surface area contributed by atoms with E-state index in [1.807, 2.05) is 6.92 Å². The highest BCUT2D eigenvalue weighted by molar-refractivity contribution is 7.90. The predicted octanol–water partition coefficient (Wildman–Crippen LogP) is 1.20. The summed E-state index contributed by atoms with van der Waals surface area (Å²) in [5.41, 5.74) is 0.304. The van der Waals surface area contributed by atoms with E-state index in [1.165, 1.54) is 31.9 Å². The number of rotatable bonds is 12. The average molecular weight is 378 g/mol. The molecular weight excluding hydrogens is 342 g/mol. The van der Waals surface area contributed by atoms with E-state index in [2.05, 4.69) is 15.6 Å². The van der Waals surface area contributed by atoms with Crippen molar-refractivity contribution in [2.45, 2.75) is 39.0 Å². The van der Waals surface area contributed by atoms with Gasteiger partial charge in [-0.1, -0.05) is 12.8 Å². The van der Waals surface area contributed by atoms with Gasteiger partial charge in [0.05, 0.1) is 19.0 Å².